The van der Waals surface area contributed by atoms with Gasteiger partial charge in [-0.3, -0.25) is 9.20 Å². The molecule has 0 spiro atoms. The highest BCUT2D eigenvalue weighted by molar-refractivity contribution is 6.36. The molecular weight excluding hydrogens is 415 g/mol. The van der Waals surface area contributed by atoms with Crippen LogP contribution in [-0.4, -0.2) is 33.4 Å². The summed E-state index contributed by atoms with van der Waals surface area (Å²) in [5.41, 5.74) is 1.64. The Bertz CT molecular complexity index is 1300. The van der Waals surface area contributed by atoms with Crippen LogP contribution in [0.2, 0.25) is 10.0 Å². The Morgan fingerprint density at radius 3 is 2.66 bits per heavy atom. The van der Waals surface area contributed by atoms with Gasteiger partial charge in [-0.15, -0.1) is 0 Å². The molecule has 1 N–H and O–H groups in total. The number of pyridine rings is 2. The predicted molar refractivity (Wildman–Crippen MR) is 112 cm³/mol. The summed E-state index contributed by atoms with van der Waals surface area (Å²) in [5.74, 6) is -0.420. The minimum Gasteiger partial charge on any atom is -0.464 e. The number of carbonyl (C=O) groups excluding carboxylic acids is 2. The molecule has 29 heavy (non-hydrogen) atoms. The first-order valence-electron chi connectivity index (χ1n) is 8.51. The molecule has 3 aromatic heterocycles. The minimum atomic E-state index is -0.561. The second-order valence-electron chi connectivity index (χ2n) is 6.27. The quantitative estimate of drug-likeness (QED) is 0.481. The minimum absolute atomic E-state index is 0.228. The number of ether oxygens (including phenoxy) is 1. The number of aromatic nitrogens is 3. The van der Waals surface area contributed by atoms with Crippen LogP contribution in [0.5, 0.6) is 0 Å². The van der Waals surface area contributed by atoms with Gasteiger partial charge in [0.05, 0.1) is 12.1 Å². The van der Waals surface area contributed by atoms with Crippen LogP contribution in [0, 0.1) is 0 Å². The maximum absolute atomic E-state index is 12.6. The fraction of sp³-hybridized carbons (Fsp3) is 0.100. The number of nitrogens with one attached hydrogen (secondary N) is 1. The normalized spacial score (nSPS) is 11.0. The van der Waals surface area contributed by atoms with Gasteiger partial charge in [-0.05, 0) is 30.3 Å². The van der Waals surface area contributed by atoms with Crippen LogP contribution >= 0.6 is 23.2 Å². The summed E-state index contributed by atoms with van der Waals surface area (Å²) in [6, 6.07) is 8.46. The molecule has 0 aliphatic carbocycles. The lowest BCUT2D eigenvalue weighted by Crippen LogP contribution is -2.08. The molecule has 0 radical (unpaired) electrons. The number of nitrogens with zero attached hydrogens (tertiary/aromatic N) is 3. The first-order chi connectivity index (χ1) is 13.9. The molecule has 1 amide bonds. The lowest BCUT2D eigenvalue weighted by atomic mass is 10.1. The molecule has 0 aliphatic rings. The van der Waals surface area contributed by atoms with Gasteiger partial charge in [0.25, 0.3) is 0 Å². The molecule has 9 heteroatoms. The molecule has 1 aromatic carbocycles. The number of hydrogen-bond acceptors (Lipinski definition) is 5. The van der Waals surface area contributed by atoms with Crippen LogP contribution in [-0.2, 0) is 9.53 Å². The van der Waals surface area contributed by atoms with Crippen LogP contribution in [0.3, 0.4) is 0 Å². The third kappa shape index (κ3) is 3.39. The molecule has 4 rings (SSSR count). The highest BCUT2D eigenvalue weighted by Crippen LogP contribution is 2.34. The van der Waals surface area contributed by atoms with Gasteiger partial charge in [-0.1, -0.05) is 23.2 Å². The molecule has 0 bridgehead atoms. The molecule has 4 aromatic rings. The van der Waals surface area contributed by atoms with E-state index in [9.17, 15) is 9.59 Å². The molecule has 0 unspecified atom stereocenters. The van der Waals surface area contributed by atoms with Crippen molar-refractivity contribution in [2.24, 2.45) is 0 Å². The number of halogens is 2. The van der Waals surface area contributed by atoms with E-state index in [1.165, 1.54) is 14.0 Å². The third-order valence-electron chi connectivity index (χ3n) is 4.36. The average molecular weight is 429 g/mol. The Labute approximate surface area is 175 Å². The number of imidazole rings is 1. The van der Waals surface area contributed by atoms with Gasteiger partial charge in [0.1, 0.15) is 17.2 Å². The van der Waals surface area contributed by atoms with Crippen LogP contribution in [0.15, 0.2) is 42.7 Å². The molecule has 0 saturated carbocycles. The van der Waals surface area contributed by atoms with E-state index in [1.54, 1.807) is 47.1 Å². The van der Waals surface area contributed by atoms with Crippen molar-refractivity contribution in [1.82, 2.24) is 14.4 Å². The van der Waals surface area contributed by atoms with Crippen molar-refractivity contribution in [2.45, 2.75) is 6.92 Å². The Balaban J connectivity index is 2.06. The topological polar surface area (TPSA) is 85.6 Å². The molecule has 0 aliphatic heterocycles. The first-order valence-corrected chi connectivity index (χ1v) is 9.27. The molecule has 0 saturated heterocycles. The first kappa shape index (κ1) is 19.2. The van der Waals surface area contributed by atoms with E-state index in [1.807, 2.05) is 0 Å². The van der Waals surface area contributed by atoms with Crippen molar-refractivity contribution in [2.75, 3.05) is 12.4 Å². The Morgan fingerprint density at radius 1 is 1.17 bits per heavy atom. The molecule has 0 atom stereocenters. The van der Waals surface area contributed by atoms with Gasteiger partial charge >= 0.3 is 5.97 Å². The number of esters is 1. The second-order valence-corrected chi connectivity index (χ2v) is 7.12. The van der Waals surface area contributed by atoms with E-state index in [2.05, 4.69) is 15.3 Å². The zero-order chi connectivity index (χ0) is 20.7. The number of hydrogen-bond donors (Lipinski definition) is 1. The van der Waals surface area contributed by atoms with E-state index < -0.39 is 5.97 Å². The summed E-state index contributed by atoms with van der Waals surface area (Å²) in [5, 5.41) is 4.97. The van der Waals surface area contributed by atoms with Crippen molar-refractivity contribution >= 4 is 57.3 Å². The number of benzene rings is 1. The molecule has 0 fully saturated rings. The van der Waals surface area contributed by atoms with Crippen LogP contribution in [0.4, 0.5) is 5.82 Å². The Hall–Kier alpha value is -3.16. The van der Waals surface area contributed by atoms with Crippen molar-refractivity contribution in [3.05, 3.63) is 58.5 Å². The number of anilines is 1. The largest absolute Gasteiger partial charge is 0.464 e. The SMILES string of the molecule is COC(=O)c1c(-c2ccc(Cl)cc2Cl)nc2c3cc(NC(C)=O)ncc3ccn12. The molecule has 146 valence electrons. The van der Waals surface area contributed by atoms with Gasteiger partial charge in [0.15, 0.2) is 5.69 Å². The maximum atomic E-state index is 12.6. The van der Waals surface area contributed by atoms with E-state index in [4.69, 9.17) is 27.9 Å². The summed E-state index contributed by atoms with van der Waals surface area (Å²) in [6.45, 7) is 1.40. The number of amides is 1. The lowest BCUT2D eigenvalue weighted by molar-refractivity contribution is -0.114. The lowest BCUT2D eigenvalue weighted by Gasteiger charge is -2.06. The third-order valence-corrected chi connectivity index (χ3v) is 4.91. The monoisotopic (exact) mass is 428 g/mol. The van der Waals surface area contributed by atoms with E-state index in [-0.39, 0.29) is 11.6 Å². The number of carbonyl (C=O) groups is 2. The smallest absolute Gasteiger partial charge is 0.357 e. The van der Waals surface area contributed by atoms with Crippen molar-refractivity contribution in [3.8, 4) is 11.3 Å². The standard InChI is InChI=1S/C20H14Cl2N4O3/c1-10(27)24-16-8-14-11(9-23-16)5-6-26-18(20(28)29-2)17(25-19(14)26)13-4-3-12(21)7-15(13)22/h3-9H,1-2H3,(H,23,24,27). The summed E-state index contributed by atoms with van der Waals surface area (Å²) < 4.78 is 6.61. The van der Waals surface area contributed by atoms with Crippen molar-refractivity contribution in [1.29, 1.82) is 0 Å². The Kier molecular flexibility index (Phi) is 4.86. The van der Waals surface area contributed by atoms with E-state index in [0.29, 0.717) is 38.2 Å². The number of rotatable bonds is 3. The highest BCUT2D eigenvalue weighted by Gasteiger charge is 2.24. The fourth-order valence-corrected chi connectivity index (χ4v) is 3.62. The van der Waals surface area contributed by atoms with Crippen molar-refractivity contribution < 1.29 is 14.3 Å². The zero-order valence-electron chi connectivity index (χ0n) is 15.4. The fourth-order valence-electron chi connectivity index (χ4n) is 3.12. The predicted octanol–water partition coefficient (Wildman–Crippen LogP) is 4.60. The van der Waals surface area contributed by atoms with Gasteiger partial charge < -0.3 is 10.1 Å². The van der Waals surface area contributed by atoms with E-state index in [0.717, 1.165) is 5.39 Å². The Morgan fingerprint density at radius 2 is 1.97 bits per heavy atom. The summed E-state index contributed by atoms with van der Waals surface area (Å²) in [6.07, 6.45) is 3.34. The number of methoxy groups -OCH3 is 1. The highest BCUT2D eigenvalue weighted by atomic mass is 35.5. The maximum Gasteiger partial charge on any atom is 0.357 e. The van der Waals surface area contributed by atoms with Crippen LogP contribution in [0.1, 0.15) is 17.4 Å². The van der Waals surface area contributed by atoms with Gasteiger partial charge in [-0.25, -0.2) is 14.8 Å². The summed E-state index contributed by atoms with van der Waals surface area (Å²) in [7, 11) is 1.30. The summed E-state index contributed by atoms with van der Waals surface area (Å²) >= 11 is 12.4. The second kappa shape index (κ2) is 7.35. The van der Waals surface area contributed by atoms with Crippen LogP contribution in [0.25, 0.3) is 27.7 Å². The van der Waals surface area contributed by atoms with Crippen LogP contribution < -0.4 is 5.32 Å². The molecule has 3 heterocycles. The number of fused-ring (bicyclic) bond motifs is 3. The van der Waals surface area contributed by atoms with E-state index >= 15 is 0 Å². The average Bonchev–Trinajstić information content (AvgIpc) is 3.06. The van der Waals surface area contributed by atoms with Crippen molar-refractivity contribution in [3.63, 3.8) is 0 Å². The zero-order valence-corrected chi connectivity index (χ0v) is 16.9. The molecule has 7 nitrogen and oxygen atoms in total. The summed E-state index contributed by atoms with van der Waals surface area (Å²) in [4.78, 5) is 32.9. The molecular formula is C20H14Cl2N4O3. The van der Waals surface area contributed by atoms with Gasteiger partial charge in [0, 0.05) is 40.7 Å². The van der Waals surface area contributed by atoms with Gasteiger partial charge in [0.2, 0.25) is 5.91 Å². The van der Waals surface area contributed by atoms with Gasteiger partial charge in [-0.2, -0.15) is 0 Å².